The van der Waals surface area contributed by atoms with Crippen molar-refractivity contribution in [1.82, 2.24) is 0 Å². The van der Waals surface area contributed by atoms with Crippen LogP contribution in [0, 0.1) is 0 Å². The maximum Gasteiger partial charge on any atom is 0.330 e. The Morgan fingerprint density at radius 3 is 2.70 bits per heavy atom. The third kappa shape index (κ3) is 5.28. The van der Waals surface area contributed by atoms with Gasteiger partial charge in [-0.25, -0.2) is 9.18 Å². The molecule has 10 heavy (non-hydrogen) atoms. The Kier molecular flexibility index (Phi) is 4.54. The summed E-state index contributed by atoms with van der Waals surface area (Å²) in [6.45, 7) is 1.92. The molecule has 0 aliphatic carbocycles. The lowest BCUT2D eigenvalue weighted by atomic mass is 10.2. The monoisotopic (exact) mass is 146 g/mol. The van der Waals surface area contributed by atoms with Gasteiger partial charge in [-0.15, -0.1) is 0 Å². The average molecular weight is 146 g/mol. The summed E-state index contributed by atoms with van der Waals surface area (Å²) in [6.07, 6.45) is 2.43. The largest absolute Gasteiger partial charge is 0.478 e. The molecule has 0 radical (unpaired) electrons. The zero-order valence-corrected chi connectivity index (χ0v) is 5.93. The van der Waals surface area contributed by atoms with E-state index in [1.807, 2.05) is 6.92 Å². The highest BCUT2D eigenvalue weighted by Gasteiger charge is 1.96. The molecule has 0 spiro atoms. The number of rotatable bonds is 4. The van der Waals surface area contributed by atoms with Gasteiger partial charge in [-0.2, -0.15) is 0 Å². The quantitative estimate of drug-likeness (QED) is 0.617. The zero-order chi connectivity index (χ0) is 7.98. The molecule has 3 heteroatoms. The Morgan fingerprint density at radius 1 is 1.70 bits per heavy atom. The lowest BCUT2D eigenvalue weighted by Crippen LogP contribution is -1.88. The molecule has 0 saturated heterocycles. The summed E-state index contributed by atoms with van der Waals surface area (Å²) in [5.74, 6) is -1.76. The van der Waals surface area contributed by atoms with Gasteiger partial charge in [0.1, 0.15) is 5.83 Å². The lowest BCUT2D eigenvalue weighted by molar-refractivity contribution is -0.131. The zero-order valence-electron chi connectivity index (χ0n) is 5.93. The first-order valence-electron chi connectivity index (χ1n) is 3.25. The molecule has 0 saturated carbocycles. The van der Waals surface area contributed by atoms with Crippen LogP contribution in [0.1, 0.15) is 26.2 Å². The summed E-state index contributed by atoms with van der Waals surface area (Å²) in [5.41, 5.74) is 0. The van der Waals surface area contributed by atoms with Gasteiger partial charge < -0.3 is 5.11 Å². The second-order valence-corrected chi connectivity index (χ2v) is 2.03. The summed E-state index contributed by atoms with van der Waals surface area (Å²) in [6, 6.07) is 0. The molecule has 0 unspecified atom stereocenters. The molecule has 0 bridgehead atoms. The standard InChI is InChI=1S/C7H11FO2/c1-2-3-4-6(8)5-7(9)10/h5H,2-4H2,1H3,(H,9,10)/b6-5+. The van der Waals surface area contributed by atoms with Gasteiger partial charge in [0.15, 0.2) is 0 Å². The molecule has 0 heterocycles. The third-order valence-electron chi connectivity index (χ3n) is 1.05. The number of hydrogen-bond donors (Lipinski definition) is 1. The van der Waals surface area contributed by atoms with Gasteiger partial charge in [-0.1, -0.05) is 13.3 Å². The predicted molar refractivity (Wildman–Crippen MR) is 36.4 cm³/mol. The van der Waals surface area contributed by atoms with Crippen LogP contribution in [0.4, 0.5) is 4.39 Å². The molecular weight excluding hydrogens is 135 g/mol. The minimum absolute atomic E-state index is 0.239. The molecule has 0 atom stereocenters. The molecule has 0 amide bonds. The first-order valence-corrected chi connectivity index (χ1v) is 3.25. The Balaban J connectivity index is 3.60. The first kappa shape index (κ1) is 9.14. The second-order valence-electron chi connectivity index (χ2n) is 2.03. The molecule has 2 nitrogen and oxygen atoms in total. The van der Waals surface area contributed by atoms with Crippen molar-refractivity contribution in [2.75, 3.05) is 0 Å². The molecule has 0 aromatic rings. The fourth-order valence-electron chi connectivity index (χ4n) is 0.552. The van der Waals surface area contributed by atoms with E-state index in [1.165, 1.54) is 0 Å². The van der Waals surface area contributed by atoms with Crippen LogP contribution in [-0.4, -0.2) is 11.1 Å². The van der Waals surface area contributed by atoms with Crippen LogP contribution in [0.25, 0.3) is 0 Å². The predicted octanol–water partition coefficient (Wildman–Crippen LogP) is 2.11. The van der Waals surface area contributed by atoms with Crippen LogP contribution >= 0.6 is 0 Å². The van der Waals surface area contributed by atoms with E-state index >= 15 is 0 Å². The van der Waals surface area contributed by atoms with Crippen LogP contribution < -0.4 is 0 Å². The summed E-state index contributed by atoms with van der Waals surface area (Å²) >= 11 is 0. The number of unbranched alkanes of at least 4 members (excludes halogenated alkanes) is 1. The van der Waals surface area contributed by atoms with E-state index in [0.29, 0.717) is 12.5 Å². The highest BCUT2D eigenvalue weighted by Crippen LogP contribution is 2.07. The van der Waals surface area contributed by atoms with Crippen LogP contribution in [-0.2, 0) is 4.79 Å². The third-order valence-corrected chi connectivity index (χ3v) is 1.05. The van der Waals surface area contributed by atoms with Crippen LogP contribution in [0.15, 0.2) is 11.9 Å². The smallest absolute Gasteiger partial charge is 0.330 e. The van der Waals surface area contributed by atoms with Gasteiger partial charge in [-0.3, -0.25) is 0 Å². The molecule has 0 aliphatic rings. The van der Waals surface area contributed by atoms with Crippen LogP contribution in [0.2, 0.25) is 0 Å². The molecule has 0 aromatic carbocycles. The summed E-state index contributed by atoms with van der Waals surface area (Å²) in [5, 5.41) is 8.07. The molecule has 0 fully saturated rings. The number of carboxylic acid groups (broad SMARTS) is 1. The summed E-state index contributed by atoms with van der Waals surface area (Å²) in [7, 11) is 0. The van der Waals surface area contributed by atoms with Crippen molar-refractivity contribution in [3.8, 4) is 0 Å². The molecule has 0 aromatic heterocycles. The molecule has 0 rings (SSSR count). The minimum atomic E-state index is -1.21. The minimum Gasteiger partial charge on any atom is -0.478 e. The average Bonchev–Trinajstić information content (AvgIpc) is 1.82. The van der Waals surface area contributed by atoms with Crippen LogP contribution in [0.5, 0.6) is 0 Å². The second kappa shape index (κ2) is 4.97. The number of carboxylic acids is 1. The van der Waals surface area contributed by atoms with Gasteiger partial charge in [0, 0.05) is 0 Å². The first-order chi connectivity index (χ1) is 4.66. The van der Waals surface area contributed by atoms with E-state index in [-0.39, 0.29) is 6.42 Å². The Labute approximate surface area is 59.4 Å². The van der Waals surface area contributed by atoms with Crippen molar-refractivity contribution in [3.05, 3.63) is 11.9 Å². The molecule has 1 N–H and O–H groups in total. The fourth-order valence-corrected chi connectivity index (χ4v) is 0.552. The molecule has 0 aliphatic heterocycles. The van der Waals surface area contributed by atoms with E-state index in [2.05, 4.69) is 0 Å². The number of halogens is 1. The topological polar surface area (TPSA) is 37.3 Å². The number of allylic oxidation sites excluding steroid dienone is 1. The van der Waals surface area contributed by atoms with Gasteiger partial charge >= 0.3 is 5.97 Å². The maximum absolute atomic E-state index is 12.3. The number of hydrogen-bond acceptors (Lipinski definition) is 1. The highest BCUT2D eigenvalue weighted by molar-refractivity contribution is 5.80. The van der Waals surface area contributed by atoms with E-state index in [0.717, 1.165) is 6.42 Å². The maximum atomic E-state index is 12.3. The van der Waals surface area contributed by atoms with Crippen molar-refractivity contribution in [3.63, 3.8) is 0 Å². The molecule has 58 valence electrons. The molecular formula is C7H11FO2. The van der Waals surface area contributed by atoms with Crippen molar-refractivity contribution in [2.45, 2.75) is 26.2 Å². The summed E-state index contributed by atoms with van der Waals surface area (Å²) < 4.78 is 12.3. The number of carbonyl (C=O) groups is 1. The van der Waals surface area contributed by atoms with E-state index in [1.54, 1.807) is 0 Å². The van der Waals surface area contributed by atoms with Gasteiger partial charge in [0.05, 0.1) is 6.08 Å². The lowest BCUT2D eigenvalue weighted by Gasteiger charge is -1.91. The van der Waals surface area contributed by atoms with E-state index < -0.39 is 11.8 Å². The van der Waals surface area contributed by atoms with Crippen molar-refractivity contribution in [2.24, 2.45) is 0 Å². The Bertz CT molecular complexity index is 141. The normalized spacial score (nSPS) is 11.6. The fraction of sp³-hybridized carbons (Fsp3) is 0.571. The van der Waals surface area contributed by atoms with Crippen LogP contribution in [0.3, 0.4) is 0 Å². The van der Waals surface area contributed by atoms with Gasteiger partial charge in [0.25, 0.3) is 0 Å². The van der Waals surface area contributed by atoms with Crippen molar-refractivity contribution >= 4 is 5.97 Å². The SMILES string of the molecule is CCCC/C(F)=C\C(=O)O. The highest BCUT2D eigenvalue weighted by atomic mass is 19.1. The van der Waals surface area contributed by atoms with Crippen molar-refractivity contribution in [1.29, 1.82) is 0 Å². The van der Waals surface area contributed by atoms with Gasteiger partial charge in [0.2, 0.25) is 0 Å². The van der Waals surface area contributed by atoms with E-state index in [4.69, 9.17) is 5.11 Å². The number of aliphatic carboxylic acids is 1. The Morgan fingerprint density at radius 2 is 2.30 bits per heavy atom. The summed E-state index contributed by atoms with van der Waals surface area (Å²) in [4.78, 5) is 9.86. The van der Waals surface area contributed by atoms with E-state index in [9.17, 15) is 9.18 Å². The van der Waals surface area contributed by atoms with Gasteiger partial charge in [-0.05, 0) is 12.8 Å². The van der Waals surface area contributed by atoms with Crippen molar-refractivity contribution < 1.29 is 14.3 Å². The Hall–Kier alpha value is -0.860.